The highest BCUT2D eigenvalue weighted by molar-refractivity contribution is 5.97. The fourth-order valence-electron chi connectivity index (χ4n) is 1.14. The Balaban J connectivity index is 2.74. The summed E-state index contributed by atoms with van der Waals surface area (Å²) in [5.41, 5.74) is 4.58. The molecular formula is C10H11F2N3O2. The van der Waals surface area contributed by atoms with Crippen molar-refractivity contribution in [3.05, 3.63) is 29.8 Å². The van der Waals surface area contributed by atoms with E-state index in [0.717, 1.165) is 6.07 Å². The van der Waals surface area contributed by atoms with Gasteiger partial charge < -0.3 is 11.1 Å². The highest BCUT2D eigenvalue weighted by Gasteiger charge is 2.16. The zero-order valence-electron chi connectivity index (χ0n) is 8.96. The van der Waals surface area contributed by atoms with Crippen LogP contribution in [0.15, 0.2) is 18.2 Å². The Morgan fingerprint density at radius 1 is 1.35 bits per heavy atom. The number of carbonyl (C=O) groups is 2. The quantitative estimate of drug-likeness (QED) is 0.739. The second kappa shape index (κ2) is 5.24. The molecule has 1 rings (SSSR count). The summed E-state index contributed by atoms with van der Waals surface area (Å²) < 4.78 is 26.1. The third kappa shape index (κ3) is 3.40. The lowest BCUT2D eigenvalue weighted by Crippen LogP contribution is -2.43. The van der Waals surface area contributed by atoms with Gasteiger partial charge in [-0.15, -0.1) is 0 Å². The largest absolute Gasteiger partial charge is 0.371 e. The van der Waals surface area contributed by atoms with Crippen LogP contribution in [-0.2, 0) is 4.79 Å². The molecule has 4 N–H and O–H groups in total. The number of nitrogens with one attached hydrogen (secondary N) is 2. The first-order valence-electron chi connectivity index (χ1n) is 4.72. The van der Waals surface area contributed by atoms with Gasteiger partial charge in [0.2, 0.25) is 5.91 Å². The Morgan fingerprint density at radius 2 is 2.00 bits per heavy atom. The molecule has 0 heterocycles. The van der Waals surface area contributed by atoms with E-state index in [2.05, 4.69) is 5.32 Å². The van der Waals surface area contributed by atoms with E-state index in [1.165, 1.54) is 19.1 Å². The molecule has 0 fully saturated rings. The molecule has 5 nitrogen and oxygen atoms in total. The Bertz CT molecular complexity index is 451. The normalized spacial score (nSPS) is 11.7. The van der Waals surface area contributed by atoms with Crippen molar-refractivity contribution in [3.8, 4) is 0 Å². The zero-order chi connectivity index (χ0) is 13.0. The van der Waals surface area contributed by atoms with Crippen LogP contribution in [0.25, 0.3) is 0 Å². The van der Waals surface area contributed by atoms with E-state index < -0.39 is 29.6 Å². The minimum Gasteiger partial charge on any atom is -0.371 e. The summed E-state index contributed by atoms with van der Waals surface area (Å²) in [6.07, 6.45) is 0. The molecule has 1 aromatic carbocycles. The van der Waals surface area contributed by atoms with Gasteiger partial charge in [-0.2, -0.15) is 0 Å². The van der Waals surface area contributed by atoms with Gasteiger partial charge in [0.1, 0.15) is 6.04 Å². The average molecular weight is 243 g/mol. The molecule has 0 aromatic heterocycles. The number of anilines is 1. The van der Waals surface area contributed by atoms with Crippen LogP contribution in [0.1, 0.15) is 6.92 Å². The lowest BCUT2D eigenvalue weighted by Gasteiger charge is -2.14. The first-order valence-corrected chi connectivity index (χ1v) is 4.72. The van der Waals surface area contributed by atoms with Gasteiger partial charge >= 0.3 is 6.03 Å². The maximum Gasteiger partial charge on any atom is 0.318 e. The minimum absolute atomic E-state index is 0.169. The molecule has 0 bridgehead atoms. The smallest absolute Gasteiger partial charge is 0.318 e. The summed E-state index contributed by atoms with van der Waals surface area (Å²) in [6, 6.07) is 1.57. The number of primary amides is 1. The number of amides is 3. The molecule has 1 atom stereocenters. The van der Waals surface area contributed by atoms with Gasteiger partial charge in [-0.05, 0) is 19.1 Å². The third-order valence-corrected chi connectivity index (χ3v) is 1.96. The van der Waals surface area contributed by atoms with Crippen molar-refractivity contribution in [2.75, 3.05) is 5.32 Å². The fourth-order valence-corrected chi connectivity index (χ4v) is 1.14. The van der Waals surface area contributed by atoms with Gasteiger partial charge in [0.05, 0.1) is 5.69 Å². The van der Waals surface area contributed by atoms with Crippen molar-refractivity contribution < 1.29 is 18.4 Å². The molecule has 0 aliphatic carbocycles. The number of benzene rings is 1. The molecule has 0 saturated heterocycles. The van der Waals surface area contributed by atoms with Crippen LogP contribution in [0.3, 0.4) is 0 Å². The van der Waals surface area contributed by atoms with Gasteiger partial charge in [0.15, 0.2) is 11.6 Å². The van der Waals surface area contributed by atoms with Gasteiger partial charge in [-0.1, -0.05) is 6.07 Å². The predicted octanol–water partition coefficient (Wildman–Crippen LogP) is 0.960. The monoisotopic (exact) mass is 243 g/mol. The van der Waals surface area contributed by atoms with Crippen LogP contribution in [0.5, 0.6) is 0 Å². The summed E-state index contributed by atoms with van der Waals surface area (Å²) in [7, 11) is 0. The number of hydrogen-bond acceptors (Lipinski definition) is 3. The van der Waals surface area contributed by atoms with E-state index in [9.17, 15) is 18.4 Å². The summed E-state index contributed by atoms with van der Waals surface area (Å²) in [4.78, 5) is 21.7. The van der Waals surface area contributed by atoms with E-state index >= 15 is 0 Å². The molecule has 1 aromatic rings. The first-order chi connectivity index (χ1) is 7.91. The number of halogens is 2. The molecule has 7 heteroatoms. The Hall–Kier alpha value is -2.18. The predicted molar refractivity (Wildman–Crippen MR) is 57.2 cm³/mol. The molecule has 17 heavy (non-hydrogen) atoms. The number of carbonyl (C=O) groups excluding carboxylic acids is 2. The van der Waals surface area contributed by atoms with Gasteiger partial charge in [0, 0.05) is 0 Å². The number of rotatable bonds is 3. The summed E-state index contributed by atoms with van der Waals surface area (Å²) in [5, 5.41) is 4.24. The van der Waals surface area contributed by atoms with Gasteiger partial charge in [-0.3, -0.25) is 10.1 Å². The number of urea groups is 1. The second-order valence-corrected chi connectivity index (χ2v) is 3.32. The minimum atomic E-state index is -1.09. The fraction of sp³-hybridized carbons (Fsp3) is 0.200. The summed E-state index contributed by atoms with van der Waals surface area (Å²) in [6.45, 7) is 1.38. The molecule has 0 aliphatic heterocycles. The van der Waals surface area contributed by atoms with Crippen LogP contribution in [0.4, 0.5) is 19.3 Å². The number of hydrogen-bond donors (Lipinski definition) is 3. The van der Waals surface area contributed by atoms with E-state index in [1.54, 1.807) is 0 Å². The maximum atomic E-state index is 13.2. The summed E-state index contributed by atoms with van der Waals surface area (Å²) >= 11 is 0. The molecule has 0 radical (unpaired) electrons. The van der Waals surface area contributed by atoms with Crippen molar-refractivity contribution in [2.45, 2.75) is 13.0 Å². The molecule has 0 saturated carbocycles. The highest BCUT2D eigenvalue weighted by atomic mass is 19.2. The van der Waals surface area contributed by atoms with Crippen molar-refractivity contribution >= 4 is 17.6 Å². The van der Waals surface area contributed by atoms with E-state index in [4.69, 9.17) is 5.73 Å². The zero-order valence-corrected chi connectivity index (χ0v) is 8.96. The first kappa shape index (κ1) is 12.9. The topological polar surface area (TPSA) is 84.2 Å². The average Bonchev–Trinajstić information content (AvgIpc) is 2.23. The maximum absolute atomic E-state index is 13.2. The molecule has 0 spiro atoms. The SMILES string of the molecule is CC(Nc1cccc(F)c1F)C(=O)NC(N)=O. The van der Waals surface area contributed by atoms with Crippen LogP contribution < -0.4 is 16.4 Å². The lowest BCUT2D eigenvalue weighted by atomic mass is 10.2. The van der Waals surface area contributed by atoms with E-state index in [1.807, 2.05) is 5.32 Å². The molecule has 1 unspecified atom stereocenters. The van der Waals surface area contributed by atoms with Gasteiger partial charge in [-0.25, -0.2) is 13.6 Å². The Labute approximate surface area is 96.0 Å². The van der Waals surface area contributed by atoms with Crippen molar-refractivity contribution in [1.82, 2.24) is 5.32 Å². The van der Waals surface area contributed by atoms with Crippen LogP contribution in [0, 0.1) is 11.6 Å². The van der Waals surface area contributed by atoms with E-state index in [-0.39, 0.29) is 5.69 Å². The van der Waals surface area contributed by atoms with Crippen molar-refractivity contribution in [3.63, 3.8) is 0 Å². The number of nitrogens with two attached hydrogens (primary N) is 1. The second-order valence-electron chi connectivity index (χ2n) is 3.32. The lowest BCUT2D eigenvalue weighted by molar-refractivity contribution is -0.120. The molecular weight excluding hydrogens is 232 g/mol. The summed E-state index contributed by atoms with van der Waals surface area (Å²) in [5.74, 6) is -2.86. The van der Waals surface area contributed by atoms with Crippen molar-refractivity contribution in [2.24, 2.45) is 5.73 Å². The molecule has 0 aliphatic rings. The standard InChI is InChI=1S/C10H11F2N3O2/c1-5(9(16)15-10(13)17)14-7-4-2-3-6(11)8(7)12/h2-5,14H,1H3,(H3,13,15,16,17). The molecule has 92 valence electrons. The Morgan fingerprint density at radius 3 is 2.59 bits per heavy atom. The highest BCUT2D eigenvalue weighted by Crippen LogP contribution is 2.17. The van der Waals surface area contributed by atoms with Crippen LogP contribution >= 0.6 is 0 Å². The third-order valence-electron chi connectivity index (χ3n) is 1.96. The number of imide groups is 1. The van der Waals surface area contributed by atoms with Crippen molar-refractivity contribution in [1.29, 1.82) is 0 Å². The van der Waals surface area contributed by atoms with Crippen LogP contribution in [-0.4, -0.2) is 18.0 Å². The van der Waals surface area contributed by atoms with Crippen LogP contribution in [0.2, 0.25) is 0 Å². The van der Waals surface area contributed by atoms with Gasteiger partial charge in [0.25, 0.3) is 0 Å². The molecule has 3 amide bonds. The van der Waals surface area contributed by atoms with E-state index in [0.29, 0.717) is 0 Å². The Kier molecular flexibility index (Phi) is 3.97.